The Morgan fingerprint density at radius 1 is 1.46 bits per heavy atom. The highest BCUT2D eigenvalue weighted by Crippen LogP contribution is 2.14. The van der Waals surface area contributed by atoms with Gasteiger partial charge in [0.2, 0.25) is 0 Å². The molecule has 0 aliphatic rings. The van der Waals surface area contributed by atoms with E-state index in [0.29, 0.717) is 12.0 Å². The van der Waals surface area contributed by atoms with E-state index in [1.807, 2.05) is 19.9 Å². The predicted octanol–water partition coefficient (Wildman–Crippen LogP) is 2.31. The lowest BCUT2D eigenvalue weighted by molar-refractivity contribution is 0.236. The van der Waals surface area contributed by atoms with Crippen LogP contribution in [0.4, 0.5) is 4.39 Å². The van der Waals surface area contributed by atoms with Crippen LogP contribution in [0.25, 0.3) is 0 Å². The first-order valence-corrected chi connectivity index (χ1v) is 4.49. The van der Waals surface area contributed by atoms with E-state index >= 15 is 0 Å². The first kappa shape index (κ1) is 10.2. The summed E-state index contributed by atoms with van der Waals surface area (Å²) in [6.07, 6.45) is 0.601. The van der Waals surface area contributed by atoms with E-state index in [9.17, 15) is 4.39 Å². The monoisotopic (exact) mass is 182 g/mol. The van der Waals surface area contributed by atoms with Crippen LogP contribution in [0.15, 0.2) is 18.2 Å². The standard InChI is InChI=1S/C11H15FO/c1-8-3-4-11(12)10(5-8)6-9(2)7-13/h3-5,9,13H,6-7H2,1-2H3. The Labute approximate surface area is 78.2 Å². The number of halogens is 1. The number of aryl methyl sites for hydroxylation is 1. The molecule has 13 heavy (non-hydrogen) atoms. The fraction of sp³-hybridized carbons (Fsp3) is 0.455. The highest BCUT2D eigenvalue weighted by Gasteiger charge is 2.06. The molecule has 1 rings (SSSR count). The molecule has 0 aliphatic carbocycles. The van der Waals surface area contributed by atoms with E-state index < -0.39 is 0 Å². The van der Waals surface area contributed by atoms with Crippen LogP contribution < -0.4 is 0 Å². The molecule has 1 atom stereocenters. The average Bonchev–Trinajstić information content (AvgIpc) is 2.11. The quantitative estimate of drug-likeness (QED) is 0.760. The second-order valence-corrected chi connectivity index (χ2v) is 3.59. The van der Waals surface area contributed by atoms with Crippen molar-refractivity contribution in [2.24, 2.45) is 5.92 Å². The molecule has 1 nitrogen and oxygen atoms in total. The Hall–Kier alpha value is -0.890. The highest BCUT2D eigenvalue weighted by molar-refractivity contribution is 5.24. The van der Waals surface area contributed by atoms with E-state index in [-0.39, 0.29) is 18.3 Å². The third-order valence-corrected chi connectivity index (χ3v) is 2.08. The molecular formula is C11H15FO. The van der Waals surface area contributed by atoms with Crippen molar-refractivity contribution in [3.05, 3.63) is 35.1 Å². The molecule has 0 radical (unpaired) electrons. The molecule has 1 aromatic carbocycles. The number of aliphatic hydroxyl groups is 1. The lowest BCUT2D eigenvalue weighted by Crippen LogP contribution is -2.06. The summed E-state index contributed by atoms with van der Waals surface area (Å²) < 4.78 is 13.2. The Bertz CT molecular complexity index is 283. The number of benzene rings is 1. The zero-order chi connectivity index (χ0) is 9.84. The lowest BCUT2D eigenvalue weighted by Gasteiger charge is -2.09. The van der Waals surface area contributed by atoms with E-state index in [0.717, 1.165) is 5.56 Å². The van der Waals surface area contributed by atoms with Crippen LogP contribution in [0.3, 0.4) is 0 Å². The van der Waals surface area contributed by atoms with Crippen LogP contribution in [-0.2, 0) is 6.42 Å². The fourth-order valence-electron chi connectivity index (χ4n) is 1.30. The van der Waals surface area contributed by atoms with Crippen LogP contribution in [-0.4, -0.2) is 11.7 Å². The lowest BCUT2D eigenvalue weighted by atomic mass is 10.00. The van der Waals surface area contributed by atoms with Crippen molar-refractivity contribution in [2.75, 3.05) is 6.61 Å². The number of hydrogen-bond donors (Lipinski definition) is 1. The number of rotatable bonds is 3. The summed E-state index contributed by atoms with van der Waals surface area (Å²) in [6, 6.07) is 5.07. The second kappa shape index (κ2) is 4.38. The molecule has 2 heteroatoms. The molecular weight excluding hydrogens is 167 g/mol. The molecule has 0 spiro atoms. The SMILES string of the molecule is Cc1ccc(F)c(CC(C)CO)c1. The molecule has 0 amide bonds. The summed E-state index contributed by atoms with van der Waals surface area (Å²) >= 11 is 0. The zero-order valence-corrected chi connectivity index (χ0v) is 8.05. The van der Waals surface area contributed by atoms with Crippen molar-refractivity contribution in [1.82, 2.24) is 0 Å². The Balaban J connectivity index is 2.81. The van der Waals surface area contributed by atoms with Gasteiger partial charge in [0.15, 0.2) is 0 Å². The van der Waals surface area contributed by atoms with E-state index in [4.69, 9.17) is 5.11 Å². The van der Waals surface area contributed by atoms with Gasteiger partial charge in [-0.05, 0) is 30.9 Å². The van der Waals surface area contributed by atoms with Gasteiger partial charge in [-0.2, -0.15) is 0 Å². The first-order chi connectivity index (χ1) is 6.13. The van der Waals surface area contributed by atoms with Gasteiger partial charge in [-0.15, -0.1) is 0 Å². The van der Waals surface area contributed by atoms with Crippen molar-refractivity contribution in [2.45, 2.75) is 20.3 Å². The van der Waals surface area contributed by atoms with Crippen molar-refractivity contribution >= 4 is 0 Å². The van der Waals surface area contributed by atoms with Crippen molar-refractivity contribution in [3.63, 3.8) is 0 Å². The molecule has 0 fully saturated rings. The summed E-state index contributed by atoms with van der Waals surface area (Å²) in [7, 11) is 0. The minimum atomic E-state index is -0.175. The molecule has 1 N–H and O–H groups in total. The van der Waals surface area contributed by atoms with Crippen molar-refractivity contribution in [1.29, 1.82) is 0 Å². The first-order valence-electron chi connectivity index (χ1n) is 4.49. The fourth-order valence-corrected chi connectivity index (χ4v) is 1.30. The molecule has 0 saturated carbocycles. The topological polar surface area (TPSA) is 20.2 Å². The zero-order valence-electron chi connectivity index (χ0n) is 8.05. The van der Waals surface area contributed by atoms with Crippen LogP contribution in [0, 0.1) is 18.7 Å². The van der Waals surface area contributed by atoms with Gasteiger partial charge < -0.3 is 5.11 Å². The van der Waals surface area contributed by atoms with Crippen molar-refractivity contribution < 1.29 is 9.50 Å². The van der Waals surface area contributed by atoms with Gasteiger partial charge in [0, 0.05) is 6.61 Å². The summed E-state index contributed by atoms with van der Waals surface area (Å²) in [5, 5.41) is 8.83. The summed E-state index contributed by atoms with van der Waals surface area (Å²) in [4.78, 5) is 0. The van der Waals surface area contributed by atoms with Gasteiger partial charge in [0.05, 0.1) is 0 Å². The van der Waals surface area contributed by atoms with E-state index in [1.165, 1.54) is 6.07 Å². The van der Waals surface area contributed by atoms with Gasteiger partial charge in [-0.1, -0.05) is 24.6 Å². The molecule has 0 bridgehead atoms. The van der Waals surface area contributed by atoms with Gasteiger partial charge >= 0.3 is 0 Å². The summed E-state index contributed by atoms with van der Waals surface area (Å²) in [6.45, 7) is 3.95. The Kier molecular flexibility index (Phi) is 3.43. The second-order valence-electron chi connectivity index (χ2n) is 3.59. The minimum Gasteiger partial charge on any atom is -0.396 e. The van der Waals surface area contributed by atoms with Crippen LogP contribution in [0.2, 0.25) is 0 Å². The third-order valence-electron chi connectivity index (χ3n) is 2.08. The van der Waals surface area contributed by atoms with E-state index in [2.05, 4.69) is 0 Å². The van der Waals surface area contributed by atoms with Crippen LogP contribution in [0.5, 0.6) is 0 Å². The largest absolute Gasteiger partial charge is 0.396 e. The summed E-state index contributed by atoms with van der Waals surface area (Å²) in [5.74, 6) is -0.0535. The Morgan fingerprint density at radius 3 is 2.77 bits per heavy atom. The molecule has 0 saturated heterocycles. The molecule has 0 aromatic heterocycles. The maximum absolute atomic E-state index is 13.2. The molecule has 0 aliphatic heterocycles. The summed E-state index contributed by atoms with van der Waals surface area (Å²) in [5.41, 5.74) is 1.75. The van der Waals surface area contributed by atoms with Gasteiger partial charge in [0.1, 0.15) is 5.82 Å². The highest BCUT2D eigenvalue weighted by atomic mass is 19.1. The molecule has 1 unspecified atom stereocenters. The smallest absolute Gasteiger partial charge is 0.126 e. The van der Waals surface area contributed by atoms with E-state index in [1.54, 1.807) is 6.07 Å². The van der Waals surface area contributed by atoms with Gasteiger partial charge in [-0.25, -0.2) is 4.39 Å². The van der Waals surface area contributed by atoms with Gasteiger partial charge in [-0.3, -0.25) is 0 Å². The van der Waals surface area contributed by atoms with Gasteiger partial charge in [0.25, 0.3) is 0 Å². The maximum Gasteiger partial charge on any atom is 0.126 e. The van der Waals surface area contributed by atoms with Crippen LogP contribution in [0.1, 0.15) is 18.1 Å². The molecule has 0 heterocycles. The molecule has 1 aromatic rings. The maximum atomic E-state index is 13.2. The predicted molar refractivity (Wildman–Crippen MR) is 51.1 cm³/mol. The normalized spacial score (nSPS) is 12.9. The molecule has 72 valence electrons. The average molecular weight is 182 g/mol. The van der Waals surface area contributed by atoms with Crippen LogP contribution >= 0.6 is 0 Å². The minimum absolute atomic E-state index is 0.105. The number of aliphatic hydroxyl groups excluding tert-OH is 1. The Morgan fingerprint density at radius 2 is 2.15 bits per heavy atom. The number of hydrogen-bond acceptors (Lipinski definition) is 1. The van der Waals surface area contributed by atoms with Crippen molar-refractivity contribution in [3.8, 4) is 0 Å². The third kappa shape index (κ3) is 2.81.